The van der Waals surface area contributed by atoms with Gasteiger partial charge in [-0.15, -0.1) is 0 Å². The highest BCUT2D eigenvalue weighted by Gasteiger charge is 2.21. The largest absolute Gasteiger partial charge is 0.376 e. The van der Waals surface area contributed by atoms with Gasteiger partial charge in [-0.3, -0.25) is 4.79 Å². The van der Waals surface area contributed by atoms with E-state index in [9.17, 15) is 4.79 Å². The van der Waals surface area contributed by atoms with Crippen LogP contribution in [0.25, 0.3) is 0 Å². The van der Waals surface area contributed by atoms with E-state index >= 15 is 0 Å². The average Bonchev–Trinajstić information content (AvgIpc) is 2.37. The number of carbonyl (C=O) groups excluding carboxylic acids is 1. The van der Waals surface area contributed by atoms with E-state index in [1.807, 2.05) is 44.2 Å². The van der Waals surface area contributed by atoms with Crippen LogP contribution in [0.2, 0.25) is 0 Å². The van der Waals surface area contributed by atoms with Gasteiger partial charge < -0.3 is 15.8 Å². The van der Waals surface area contributed by atoms with Gasteiger partial charge in [-0.05, 0) is 26.3 Å². The summed E-state index contributed by atoms with van der Waals surface area (Å²) in [6, 6.07) is 9.41. The van der Waals surface area contributed by atoms with Gasteiger partial charge >= 0.3 is 0 Å². The Morgan fingerprint density at radius 1 is 1.40 bits per heavy atom. The van der Waals surface area contributed by atoms with Crippen molar-refractivity contribution in [1.29, 1.82) is 0 Å². The van der Waals surface area contributed by atoms with E-state index in [-0.39, 0.29) is 5.78 Å². The summed E-state index contributed by atoms with van der Waals surface area (Å²) in [4.78, 5) is 11.6. The molecule has 0 aliphatic rings. The van der Waals surface area contributed by atoms with Crippen molar-refractivity contribution in [2.45, 2.75) is 39.0 Å². The summed E-state index contributed by atoms with van der Waals surface area (Å²) < 4.78 is 5.59. The van der Waals surface area contributed by atoms with Crippen LogP contribution in [0.4, 0.5) is 0 Å². The monoisotopic (exact) mass is 276 g/mol. The lowest BCUT2D eigenvalue weighted by molar-refractivity contribution is -0.120. The first-order valence-electron chi connectivity index (χ1n) is 6.67. The molecule has 0 bridgehead atoms. The predicted octanol–water partition coefficient (Wildman–Crippen LogP) is 2.00. The van der Waals surface area contributed by atoms with Crippen molar-refractivity contribution in [3.63, 3.8) is 0 Å². The molecule has 0 saturated heterocycles. The van der Waals surface area contributed by atoms with Crippen molar-refractivity contribution >= 4 is 5.78 Å². The predicted molar refractivity (Wildman–Crippen MR) is 81.1 cm³/mol. The van der Waals surface area contributed by atoms with Crippen LogP contribution in [0.1, 0.15) is 26.3 Å². The maximum Gasteiger partial charge on any atom is 0.154 e. The lowest BCUT2D eigenvalue weighted by Crippen LogP contribution is -2.47. The molecule has 0 fully saturated rings. The molecule has 0 aliphatic heterocycles. The Bertz CT molecular complexity index is 449. The third kappa shape index (κ3) is 5.55. The van der Waals surface area contributed by atoms with Crippen molar-refractivity contribution in [1.82, 2.24) is 5.32 Å². The van der Waals surface area contributed by atoms with Gasteiger partial charge in [0.2, 0.25) is 0 Å². The quantitative estimate of drug-likeness (QED) is 0.762. The van der Waals surface area contributed by atoms with Crippen LogP contribution in [0.5, 0.6) is 0 Å². The zero-order chi connectivity index (χ0) is 15.2. The molecule has 1 rings (SSSR count). The van der Waals surface area contributed by atoms with Crippen molar-refractivity contribution in [3.05, 3.63) is 48.2 Å². The van der Waals surface area contributed by atoms with Crippen molar-refractivity contribution in [2.24, 2.45) is 5.73 Å². The van der Waals surface area contributed by atoms with Crippen LogP contribution in [0.3, 0.4) is 0 Å². The molecular formula is C16H24N2O2. The number of hydrogen-bond donors (Lipinski definition) is 2. The minimum Gasteiger partial charge on any atom is -0.376 e. The Labute approximate surface area is 121 Å². The summed E-state index contributed by atoms with van der Waals surface area (Å²) >= 11 is 0. The summed E-state index contributed by atoms with van der Waals surface area (Å²) in [6.45, 7) is 9.84. The standard InChI is InChI=1S/C16H24N2O2/c1-12(19)15(18-13(2)16(3,4)17)11-20-10-14-8-6-5-7-9-14/h5-9,15,18H,2,10-11,17H2,1,3-4H3. The molecule has 1 unspecified atom stereocenters. The number of hydrogen-bond acceptors (Lipinski definition) is 4. The summed E-state index contributed by atoms with van der Waals surface area (Å²) in [7, 11) is 0. The molecule has 0 heterocycles. The molecule has 20 heavy (non-hydrogen) atoms. The molecule has 0 aliphatic carbocycles. The van der Waals surface area contributed by atoms with E-state index in [1.165, 1.54) is 6.92 Å². The minimum absolute atomic E-state index is 0.00321. The number of carbonyl (C=O) groups is 1. The van der Waals surface area contributed by atoms with E-state index in [0.29, 0.717) is 18.9 Å². The first-order chi connectivity index (χ1) is 9.30. The van der Waals surface area contributed by atoms with Crippen LogP contribution >= 0.6 is 0 Å². The number of nitrogens with two attached hydrogens (primary N) is 1. The molecule has 0 amide bonds. The summed E-state index contributed by atoms with van der Waals surface area (Å²) in [5.74, 6) is 0.00321. The second kappa shape index (κ2) is 7.22. The fourth-order valence-electron chi connectivity index (χ4n) is 1.53. The highest BCUT2D eigenvalue weighted by atomic mass is 16.5. The van der Waals surface area contributed by atoms with Crippen LogP contribution in [-0.4, -0.2) is 24.0 Å². The van der Waals surface area contributed by atoms with Crippen molar-refractivity contribution in [3.8, 4) is 0 Å². The molecule has 3 N–H and O–H groups in total. The smallest absolute Gasteiger partial charge is 0.154 e. The van der Waals surface area contributed by atoms with Gasteiger partial charge in [0.15, 0.2) is 5.78 Å². The van der Waals surface area contributed by atoms with E-state index in [2.05, 4.69) is 11.9 Å². The van der Waals surface area contributed by atoms with Crippen LogP contribution < -0.4 is 11.1 Å². The number of benzene rings is 1. The van der Waals surface area contributed by atoms with Crippen molar-refractivity contribution in [2.75, 3.05) is 6.61 Å². The number of nitrogens with one attached hydrogen (secondary N) is 1. The Morgan fingerprint density at radius 3 is 2.50 bits per heavy atom. The molecule has 1 atom stereocenters. The fraction of sp³-hybridized carbons (Fsp3) is 0.438. The van der Waals surface area contributed by atoms with Gasteiger partial charge in [0.25, 0.3) is 0 Å². The highest BCUT2D eigenvalue weighted by molar-refractivity contribution is 5.81. The van der Waals surface area contributed by atoms with Gasteiger partial charge in [0, 0.05) is 11.2 Å². The zero-order valence-electron chi connectivity index (χ0n) is 12.5. The van der Waals surface area contributed by atoms with Gasteiger partial charge in [0.1, 0.15) is 6.04 Å². The molecule has 0 saturated carbocycles. The van der Waals surface area contributed by atoms with E-state index in [1.54, 1.807) is 0 Å². The lowest BCUT2D eigenvalue weighted by atomic mass is 10.0. The third-order valence-electron chi connectivity index (χ3n) is 3.01. The normalized spacial score (nSPS) is 12.8. The van der Waals surface area contributed by atoms with Crippen LogP contribution in [0.15, 0.2) is 42.6 Å². The summed E-state index contributed by atoms with van der Waals surface area (Å²) in [6.07, 6.45) is 0. The van der Waals surface area contributed by atoms with E-state index in [0.717, 1.165) is 5.56 Å². The maximum atomic E-state index is 11.6. The Balaban J connectivity index is 2.48. The number of ketones is 1. The summed E-state index contributed by atoms with van der Waals surface area (Å²) in [5.41, 5.74) is 7.06. The van der Waals surface area contributed by atoms with Crippen LogP contribution in [-0.2, 0) is 16.1 Å². The van der Waals surface area contributed by atoms with E-state index < -0.39 is 11.6 Å². The first kappa shape index (κ1) is 16.4. The van der Waals surface area contributed by atoms with Crippen molar-refractivity contribution < 1.29 is 9.53 Å². The molecule has 0 spiro atoms. The van der Waals surface area contributed by atoms with E-state index in [4.69, 9.17) is 10.5 Å². The van der Waals surface area contributed by atoms with Gasteiger partial charge in [0.05, 0.1) is 13.2 Å². The number of ether oxygens (including phenoxy) is 1. The molecule has 110 valence electrons. The SMILES string of the molecule is C=C(NC(COCc1ccccc1)C(C)=O)C(C)(C)N. The van der Waals surface area contributed by atoms with Gasteiger partial charge in [-0.25, -0.2) is 0 Å². The average molecular weight is 276 g/mol. The molecule has 0 aromatic heterocycles. The Hall–Kier alpha value is -1.65. The molecule has 4 heteroatoms. The molecule has 0 radical (unpaired) electrons. The maximum absolute atomic E-state index is 11.6. The first-order valence-corrected chi connectivity index (χ1v) is 6.67. The molecule has 1 aromatic rings. The lowest BCUT2D eigenvalue weighted by Gasteiger charge is -2.27. The second-order valence-electron chi connectivity index (χ2n) is 5.51. The molecule has 1 aromatic carbocycles. The number of rotatable bonds is 8. The highest BCUT2D eigenvalue weighted by Crippen LogP contribution is 2.08. The minimum atomic E-state index is -0.576. The van der Waals surface area contributed by atoms with Gasteiger partial charge in [-0.2, -0.15) is 0 Å². The second-order valence-corrected chi connectivity index (χ2v) is 5.51. The van der Waals surface area contributed by atoms with Gasteiger partial charge in [-0.1, -0.05) is 36.9 Å². The zero-order valence-corrected chi connectivity index (χ0v) is 12.5. The topological polar surface area (TPSA) is 64.3 Å². The Kier molecular flexibility index (Phi) is 5.92. The molecule has 4 nitrogen and oxygen atoms in total. The summed E-state index contributed by atoms with van der Waals surface area (Å²) in [5, 5.41) is 3.05. The number of Topliss-reactive ketones (excluding diaryl/α,β-unsaturated/α-hetero) is 1. The third-order valence-corrected chi connectivity index (χ3v) is 3.01. The Morgan fingerprint density at radius 2 is 2.00 bits per heavy atom. The molecular weight excluding hydrogens is 252 g/mol. The fourth-order valence-corrected chi connectivity index (χ4v) is 1.53. The van der Waals surface area contributed by atoms with Crippen LogP contribution in [0, 0.1) is 0 Å².